The van der Waals surface area contributed by atoms with E-state index in [1.54, 1.807) is 25.3 Å². The summed E-state index contributed by atoms with van der Waals surface area (Å²) in [5.41, 5.74) is 1.07. The van der Waals surface area contributed by atoms with Gasteiger partial charge in [-0.3, -0.25) is 14.4 Å². The molecule has 5 rings (SSSR count). The third-order valence-electron chi connectivity index (χ3n) is 6.41. The van der Waals surface area contributed by atoms with Gasteiger partial charge in [-0.2, -0.15) is 5.16 Å². The number of benzene rings is 2. The Morgan fingerprint density at radius 3 is 2.74 bits per heavy atom. The molecule has 3 aromatic rings. The molecule has 2 aromatic carbocycles. The normalized spacial score (nSPS) is 17.8. The Balaban J connectivity index is 1.51. The highest BCUT2D eigenvalue weighted by Crippen LogP contribution is 2.42. The van der Waals surface area contributed by atoms with Crippen molar-refractivity contribution in [1.82, 2.24) is 10.1 Å². The highest BCUT2D eigenvalue weighted by molar-refractivity contribution is 6.01. The van der Waals surface area contributed by atoms with Crippen LogP contribution < -0.4 is 20.3 Å². The number of fused-ring (bicyclic) bond motifs is 2. The summed E-state index contributed by atoms with van der Waals surface area (Å²) in [5, 5.41) is 4.83. The number of hydrogen-bond acceptors (Lipinski definition) is 6. The van der Waals surface area contributed by atoms with Crippen LogP contribution in [0.1, 0.15) is 47.1 Å². The van der Waals surface area contributed by atoms with Crippen molar-refractivity contribution >= 4 is 17.5 Å². The van der Waals surface area contributed by atoms with E-state index in [1.165, 1.54) is 11.0 Å². The molecule has 1 unspecified atom stereocenters. The Morgan fingerprint density at radius 1 is 1.23 bits per heavy atom. The maximum atomic E-state index is 14.9. The third kappa shape index (κ3) is 3.94. The van der Waals surface area contributed by atoms with Gasteiger partial charge >= 0.3 is 0 Å². The Morgan fingerprint density at radius 2 is 2.03 bits per heavy atom. The number of rotatable bonds is 4. The first-order chi connectivity index (χ1) is 16.7. The maximum absolute atomic E-state index is 14.9. The molecule has 0 fully saturated rings. The molecule has 0 saturated heterocycles. The monoisotopic (exact) mass is 481 g/mol. The minimum Gasteiger partial charge on any atom is -0.497 e. The summed E-state index contributed by atoms with van der Waals surface area (Å²) in [4.78, 5) is 39.6. The van der Waals surface area contributed by atoms with Crippen molar-refractivity contribution in [2.24, 2.45) is 0 Å². The Kier molecular flexibility index (Phi) is 5.38. The molecular weight excluding hydrogens is 457 g/mol. The second-order valence-electron chi connectivity index (χ2n) is 9.29. The number of methoxy groups -OCH3 is 1. The molecule has 35 heavy (non-hydrogen) atoms. The summed E-state index contributed by atoms with van der Waals surface area (Å²) >= 11 is 0. The topological polar surface area (TPSA) is 114 Å². The zero-order valence-corrected chi connectivity index (χ0v) is 19.4. The average Bonchev–Trinajstić information content (AvgIpc) is 3.39. The van der Waals surface area contributed by atoms with Crippen LogP contribution in [0, 0.1) is 5.82 Å². The lowest BCUT2D eigenvalue weighted by molar-refractivity contribution is -0.121. The van der Waals surface area contributed by atoms with Crippen molar-refractivity contribution in [1.29, 1.82) is 0 Å². The van der Waals surface area contributed by atoms with E-state index >= 15 is 0 Å². The number of carbonyl (C=O) groups is 2. The zero-order chi connectivity index (χ0) is 24.9. The number of ether oxygens (including phenoxy) is 2. The van der Waals surface area contributed by atoms with Crippen molar-refractivity contribution < 1.29 is 28.0 Å². The van der Waals surface area contributed by atoms with Gasteiger partial charge < -0.3 is 24.2 Å². The first kappa shape index (κ1) is 22.7. The number of H-pyrrole nitrogens is 1. The smallest absolute Gasteiger partial charge is 0.293 e. The van der Waals surface area contributed by atoms with Crippen LogP contribution in [0.15, 0.2) is 45.7 Å². The molecular formula is C25H24FN3O6. The number of nitrogens with zero attached hydrogens (tertiary/aromatic N) is 1. The van der Waals surface area contributed by atoms with Crippen molar-refractivity contribution in [3.05, 3.63) is 75.0 Å². The van der Waals surface area contributed by atoms with E-state index in [9.17, 15) is 18.8 Å². The van der Waals surface area contributed by atoms with Crippen LogP contribution in [-0.4, -0.2) is 42.1 Å². The van der Waals surface area contributed by atoms with Crippen molar-refractivity contribution in [2.45, 2.75) is 31.7 Å². The van der Waals surface area contributed by atoms with Crippen LogP contribution >= 0.6 is 0 Å². The molecule has 3 heterocycles. The van der Waals surface area contributed by atoms with E-state index in [2.05, 4.69) is 10.5 Å². The molecule has 0 aliphatic carbocycles. The van der Waals surface area contributed by atoms with Gasteiger partial charge in [0.15, 0.2) is 0 Å². The van der Waals surface area contributed by atoms with E-state index in [-0.39, 0.29) is 18.0 Å². The molecule has 10 heteroatoms. The number of carbonyl (C=O) groups excluding carboxylic acids is 2. The number of anilines is 1. The fourth-order valence-corrected chi connectivity index (χ4v) is 4.73. The predicted octanol–water partition coefficient (Wildman–Crippen LogP) is 3.16. The van der Waals surface area contributed by atoms with Gasteiger partial charge in [0, 0.05) is 29.3 Å². The molecule has 2 aliphatic rings. The summed E-state index contributed by atoms with van der Waals surface area (Å²) in [6.07, 6.45) is 0.465. The van der Waals surface area contributed by atoms with Crippen molar-refractivity contribution in [2.75, 3.05) is 25.6 Å². The highest BCUT2D eigenvalue weighted by Gasteiger charge is 2.39. The van der Waals surface area contributed by atoms with Crippen LogP contribution in [0.5, 0.6) is 11.5 Å². The Bertz CT molecular complexity index is 1390. The van der Waals surface area contributed by atoms with Gasteiger partial charge in [0.2, 0.25) is 5.76 Å². The molecule has 9 nitrogen and oxygen atoms in total. The van der Waals surface area contributed by atoms with Gasteiger partial charge in [-0.05, 0) is 35.7 Å². The lowest BCUT2D eigenvalue weighted by atomic mass is 9.86. The Hall–Kier alpha value is -4.08. The fraction of sp³-hybridized carbons (Fsp3) is 0.320. The first-order valence-corrected chi connectivity index (χ1v) is 11.1. The quantitative estimate of drug-likeness (QED) is 0.592. The average molecular weight is 481 g/mol. The van der Waals surface area contributed by atoms with E-state index in [1.807, 2.05) is 19.9 Å². The third-order valence-corrected chi connectivity index (χ3v) is 6.41. The largest absolute Gasteiger partial charge is 0.497 e. The van der Waals surface area contributed by atoms with Crippen LogP contribution in [-0.2, 0) is 16.6 Å². The van der Waals surface area contributed by atoms with E-state index < -0.39 is 34.6 Å². The molecule has 2 amide bonds. The van der Waals surface area contributed by atoms with Gasteiger partial charge in [-0.15, -0.1) is 0 Å². The Labute approximate surface area is 199 Å². The summed E-state index contributed by atoms with van der Waals surface area (Å²) in [6, 6.07) is 8.07. The summed E-state index contributed by atoms with van der Waals surface area (Å²) in [7, 11) is 1.55. The number of amides is 2. The molecule has 0 radical (unpaired) electrons. The number of aromatic amines is 1. The minimum atomic E-state index is -1.05. The molecule has 2 aliphatic heterocycles. The number of nitrogens with one attached hydrogen (secondary N) is 2. The van der Waals surface area contributed by atoms with Gasteiger partial charge in [0.05, 0.1) is 19.8 Å². The lowest BCUT2D eigenvalue weighted by Gasteiger charge is -2.36. The van der Waals surface area contributed by atoms with Crippen LogP contribution in [0.3, 0.4) is 0 Å². The number of hydrogen-bond donors (Lipinski definition) is 2. The molecule has 0 bridgehead atoms. The molecule has 0 spiro atoms. The minimum absolute atomic E-state index is 0.196. The first-order valence-electron chi connectivity index (χ1n) is 11.1. The molecule has 0 saturated carbocycles. The van der Waals surface area contributed by atoms with Gasteiger partial charge in [-0.25, -0.2) is 4.39 Å². The van der Waals surface area contributed by atoms with Crippen LogP contribution in [0.2, 0.25) is 0 Å². The van der Waals surface area contributed by atoms with Crippen LogP contribution in [0.25, 0.3) is 0 Å². The van der Waals surface area contributed by atoms with Crippen molar-refractivity contribution in [3.8, 4) is 11.5 Å². The van der Waals surface area contributed by atoms with Crippen molar-refractivity contribution in [3.63, 3.8) is 0 Å². The fourth-order valence-electron chi connectivity index (χ4n) is 4.73. The SMILES string of the molecule is COc1ccc2c(c1)CCN(C(=O)c1cc(=O)[nH]o1)C2C(=O)Nc1cc(F)c2c(c1)OCC2(C)C. The number of halogens is 1. The summed E-state index contributed by atoms with van der Waals surface area (Å²) in [5.74, 6) is -0.838. The molecule has 182 valence electrons. The summed E-state index contributed by atoms with van der Waals surface area (Å²) < 4.78 is 30.9. The number of aromatic nitrogens is 1. The van der Waals surface area contributed by atoms with E-state index in [4.69, 9.17) is 14.0 Å². The molecule has 2 N–H and O–H groups in total. The van der Waals surface area contributed by atoms with E-state index in [0.29, 0.717) is 35.7 Å². The molecule has 1 atom stereocenters. The highest BCUT2D eigenvalue weighted by atomic mass is 19.1. The van der Waals surface area contributed by atoms with E-state index in [0.717, 1.165) is 11.6 Å². The predicted molar refractivity (Wildman–Crippen MR) is 123 cm³/mol. The maximum Gasteiger partial charge on any atom is 0.293 e. The zero-order valence-electron chi connectivity index (χ0n) is 19.4. The van der Waals surface area contributed by atoms with Crippen LogP contribution in [0.4, 0.5) is 10.1 Å². The standard InChI is InChI=1S/C25H24FN3O6/c1-25(2)12-34-18-10-14(9-17(26)21(18)25)27-23(31)22-16-5-4-15(33-3)8-13(16)6-7-29(22)24(32)19-11-20(30)28-35-19/h4-5,8-11,22H,6-7,12H2,1-3H3,(H,27,31)(H,28,30). The molecule has 1 aromatic heterocycles. The van der Waals surface area contributed by atoms with Gasteiger partial charge in [-0.1, -0.05) is 19.9 Å². The summed E-state index contributed by atoms with van der Waals surface area (Å²) in [6.45, 7) is 4.30. The second-order valence-corrected chi connectivity index (χ2v) is 9.29. The second kappa shape index (κ2) is 8.30. The van der Waals surface area contributed by atoms with Gasteiger partial charge in [0.1, 0.15) is 23.4 Å². The van der Waals surface area contributed by atoms with Gasteiger partial charge in [0.25, 0.3) is 17.4 Å². The lowest BCUT2D eigenvalue weighted by Crippen LogP contribution is -2.45.